The fourth-order valence-corrected chi connectivity index (χ4v) is 2.27. The maximum atomic E-state index is 9.60. The lowest BCUT2D eigenvalue weighted by Gasteiger charge is -2.20. The molecule has 2 atom stereocenters. The Hall–Kier alpha value is -0.160. The molecule has 4 heteroatoms. The van der Waals surface area contributed by atoms with Gasteiger partial charge in [0.05, 0.1) is 12.7 Å². The molecule has 1 heterocycles. The van der Waals surface area contributed by atoms with Crippen molar-refractivity contribution < 1.29 is 9.84 Å². The smallest absolute Gasteiger partial charge is 0.0897 e. The van der Waals surface area contributed by atoms with Crippen molar-refractivity contribution in [3.63, 3.8) is 0 Å². The fourth-order valence-electron chi connectivity index (χ4n) is 2.27. The predicted molar refractivity (Wildman–Crippen MR) is 70.2 cm³/mol. The van der Waals surface area contributed by atoms with Crippen molar-refractivity contribution >= 4 is 0 Å². The van der Waals surface area contributed by atoms with Crippen LogP contribution in [0.3, 0.4) is 0 Å². The zero-order chi connectivity index (χ0) is 12.7. The van der Waals surface area contributed by atoms with Gasteiger partial charge in [-0.25, -0.2) is 0 Å². The van der Waals surface area contributed by atoms with Gasteiger partial charge in [0.25, 0.3) is 0 Å². The Labute approximate surface area is 105 Å². The van der Waals surface area contributed by atoms with Gasteiger partial charge in [-0.15, -0.1) is 0 Å². The predicted octanol–water partition coefficient (Wildman–Crippen LogP) is 0.704. The first-order chi connectivity index (χ1) is 8.13. The molecule has 1 aliphatic rings. The van der Waals surface area contributed by atoms with Crippen LogP contribution in [0.2, 0.25) is 0 Å². The maximum absolute atomic E-state index is 9.60. The summed E-state index contributed by atoms with van der Waals surface area (Å²) in [6, 6.07) is 0.656. The molecule has 0 aromatic carbocycles. The largest absolute Gasteiger partial charge is 0.389 e. The van der Waals surface area contributed by atoms with Gasteiger partial charge in [-0.2, -0.15) is 0 Å². The molecule has 1 saturated heterocycles. The number of nitrogens with one attached hydrogen (secondary N) is 1. The van der Waals surface area contributed by atoms with E-state index in [0.29, 0.717) is 25.8 Å². The highest BCUT2D eigenvalue weighted by atomic mass is 16.5. The van der Waals surface area contributed by atoms with Crippen molar-refractivity contribution in [1.82, 2.24) is 10.2 Å². The van der Waals surface area contributed by atoms with Crippen molar-refractivity contribution in [3.05, 3.63) is 0 Å². The summed E-state index contributed by atoms with van der Waals surface area (Å²) < 4.78 is 5.17. The SMILES string of the molecule is CCOCC(O)CNCC1CCN(C(C)C)C1. The summed E-state index contributed by atoms with van der Waals surface area (Å²) in [5.41, 5.74) is 0. The summed E-state index contributed by atoms with van der Waals surface area (Å²) in [6.45, 7) is 11.6. The third kappa shape index (κ3) is 5.82. The van der Waals surface area contributed by atoms with Crippen molar-refractivity contribution in [1.29, 1.82) is 0 Å². The van der Waals surface area contributed by atoms with E-state index in [2.05, 4.69) is 24.1 Å². The van der Waals surface area contributed by atoms with E-state index < -0.39 is 0 Å². The minimum Gasteiger partial charge on any atom is -0.389 e. The van der Waals surface area contributed by atoms with Crippen molar-refractivity contribution in [2.45, 2.75) is 39.3 Å². The zero-order valence-electron chi connectivity index (χ0n) is 11.5. The summed E-state index contributed by atoms with van der Waals surface area (Å²) in [5, 5.41) is 12.9. The lowest BCUT2D eigenvalue weighted by atomic mass is 10.1. The topological polar surface area (TPSA) is 44.7 Å². The number of hydrogen-bond acceptors (Lipinski definition) is 4. The van der Waals surface area contributed by atoms with Crippen LogP contribution in [-0.4, -0.2) is 61.5 Å². The Morgan fingerprint density at radius 2 is 2.24 bits per heavy atom. The molecule has 0 aliphatic carbocycles. The maximum Gasteiger partial charge on any atom is 0.0897 e. The van der Waals surface area contributed by atoms with E-state index in [-0.39, 0.29) is 6.10 Å². The van der Waals surface area contributed by atoms with Gasteiger partial charge in [0, 0.05) is 25.7 Å². The highest BCUT2D eigenvalue weighted by molar-refractivity contribution is 4.79. The number of ether oxygens (including phenoxy) is 1. The van der Waals surface area contributed by atoms with Crippen LogP contribution in [0.15, 0.2) is 0 Å². The van der Waals surface area contributed by atoms with Gasteiger partial charge in [0.1, 0.15) is 0 Å². The Morgan fingerprint density at radius 1 is 1.47 bits per heavy atom. The molecule has 17 heavy (non-hydrogen) atoms. The molecule has 0 bridgehead atoms. The number of hydrogen-bond donors (Lipinski definition) is 2. The van der Waals surface area contributed by atoms with E-state index in [1.807, 2.05) is 6.92 Å². The highest BCUT2D eigenvalue weighted by Gasteiger charge is 2.23. The summed E-state index contributed by atoms with van der Waals surface area (Å²) in [7, 11) is 0. The van der Waals surface area contributed by atoms with Crippen LogP contribution < -0.4 is 5.32 Å². The second kappa shape index (κ2) is 8.03. The number of aliphatic hydroxyl groups is 1. The number of rotatable bonds is 8. The standard InChI is InChI=1S/C13H28N2O2/c1-4-17-10-13(16)8-14-7-12-5-6-15(9-12)11(2)3/h11-14,16H,4-10H2,1-3H3. The summed E-state index contributed by atoms with van der Waals surface area (Å²) in [5.74, 6) is 0.733. The van der Waals surface area contributed by atoms with Crippen LogP contribution in [0, 0.1) is 5.92 Å². The molecule has 0 aromatic heterocycles. The lowest BCUT2D eigenvalue weighted by Crippen LogP contribution is -2.35. The van der Waals surface area contributed by atoms with Crippen LogP contribution in [0.25, 0.3) is 0 Å². The third-order valence-corrected chi connectivity index (χ3v) is 3.37. The monoisotopic (exact) mass is 244 g/mol. The molecular weight excluding hydrogens is 216 g/mol. The molecule has 0 amide bonds. The van der Waals surface area contributed by atoms with Crippen molar-refractivity contribution in [3.8, 4) is 0 Å². The number of nitrogens with zero attached hydrogens (tertiary/aromatic N) is 1. The first-order valence-corrected chi connectivity index (χ1v) is 6.84. The summed E-state index contributed by atoms with van der Waals surface area (Å²) in [4.78, 5) is 2.52. The van der Waals surface area contributed by atoms with Gasteiger partial charge in [-0.1, -0.05) is 0 Å². The molecule has 4 nitrogen and oxygen atoms in total. The summed E-state index contributed by atoms with van der Waals surface area (Å²) >= 11 is 0. The second-order valence-corrected chi connectivity index (χ2v) is 5.21. The van der Waals surface area contributed by atoms with Crippen molar-refractivity contribution in [2.75, 3.05) is 39.4 Å². The van der Waals surface area contributed by atoms with Gasteiger partial charge in [-0.05, 0) is 46.2 Å². The highest BCUT2D eigenvalue weighted by Crippen LogP contribution is 2.17. The molecule has 2 unspecified atom stereocenters. The number of aliphatic hydroxyl groups excluding tert-OH is 1. The Morgan fingerprint density at radius 3 is 2.82 bits per heavy atom. The molecule has 0 saturated carbocycles. The van der Waals surface area contributed by atoms with E-state index in [0.717, 1.165) is 12.5 Å². The van der Waals surface area contributed by atoms with Gasteiger partial charge >= 0.3 is 0 Å². The van der Waals surface area contributed by atoms with Crippen molar-refractivity contribution in [2.24, 2.45) is 5.92 Å². The van der Waals surface area contributed by atoms with Crippen LogP contribution in [0.5, 0.6) is 0 Å². The van der Waals surface area contributed by atoms with Gasteiger partial charge < -0.3 is 20.1 Å². The van der Waals surface area contributed by atoms with Gasteiger partial charge in [-0.3, -0.25) is 0 Å². The zero-order valence-corrected chi connectivity index (χ0v) is 11.5. The first-order valence-electron chi connectivity index (χ1n) is 6.84. The Bertz CT molecular complexity index is 200. The minimum atomic E-state index is -0.377. The molecule has 0 radical (unpaired) electrons. The normalized spacial score (nSPS) is 23.5. The molecule has 102 valence electrons. The van der Waals surface area contributed by atoms with Gasteiger partial charge in [0.15, 0.2) is 0 Å². The van der Waals surface area contributed by atoms with Crippen LogP contribution >= 0.6 is 0 Å². The Balaban J connectivity index is 2.04. The first kappa shape index (κ1) is 14.9. The van der Waals surface area contributed by atoms with Crippen LogP contribution in [0.1, 0.15) is 27.2 Å². The molecule has 2 N–H and O–H groups in total. The second-order valence-electron chi connectivity index (χ2n) is 5.21. The third-order valence-electron chi connectivity index (χ3n) is 3.37. The van der Waals surface area contributed by atoms with E-state index >= 15 is 0 Å². The van der Waals surface area contributed by atoms with Crippen LogP contribution in [0.4, 0.5) is 0 Å². The summed E-state index contributed by atoms with van der Waals surface area (Å²) in [6.07, 6.45) is 0.893. The molecule has 0 aromatic rings. The van der Waals surface area contributed by atoms with E-state index in [4.69, 9.17) is 4.74 Å². The lowest BCUT2D eigenvalue weighted by molar-refractivity contribution is 0.0424. The van der Waals surface area contributed by atoms with Gasteiger partial charge in [0.2, 0.25) is 0 Å². The average molecular weight is 244 g/mol. The molecule has 1 fully saturated rings. The van der Waals surface area contributed by atoms with E-state index in [1.54, 1.807) is 0 Å². The fraction of sp³-hybridized carbons (Fsp3) is 1.00. The minimum absolute atomic E-state index is 0.377. The average Bonchev–Trinajstić information content (AvgIpc) is 2.75. The van der Waals surface area contributed by atoms with E-state index in [9.17, 15) is 5.11 Å². The quantitative estimate of drug-likeness (QED) is 0.660. The molecular formula is C13H28N2O2. The van der Waals surface area contributed by atoms with E-state index in [1.165, 1.54) is 19.5 Å². The molecule has 0 spiro atoms. The van der Waals surface area contributed by atoms with Crippen LogP contribution in [-0.2, 0) is 4.74 Å². The number of likely N-dealkylation sites (tertiary alicyclic amines) is 1. The molecule has 1 rings (SSSR count). The Kier molecular flexibility index (Phi) is 7.04. The molecule has 1 aliphatic heterocycles.